The van der Waals surface area contributed by atoms with Crippen LogP contribution < -0.4 is 10.0 Å². The number of aromatic amines is 1. The molecule has 180 valence electrons. The first-order valence-corrected chi connectivity index (χ1v) is 12.4. The minimum Gasteiger partial charge on any atom is -0.358 e. The van der Waals surface area contributed by atoms with Gasteiger partial charge in [0, 0.05) is 18.1 Å². The Bertz CT molecular complexity index is 1520. The highest BCUT2D eigenvalue weighted by Crippen LogP contribution is 2.27. The third-order valence-corrected chi connectivity index (χ3v) is 7.25. The Morgan fingerprint density at radius 1 is 1.14 bits per heavy atom. The molecule has 0 bridgehead atoms. The lowest BCUT2D eigenvalue weighted by atomic mass is 10.0. The van der Waals surface area contributed by atoms with Gasteiger partial charge in [0.05, 0.1) is 28.8 Å². The molecule has 0 spiro atoms. The Balaban J connectivity index is 1.39. The summed E-state index contributed by atoms with van der Waals surface area (Å²) in [7, 11) is -3.90. The summed E-state index contributed by atoms with van der Waals surface area (Å²) in [6.45, 7) is 1.30. The van der Waals surface area contributed by atoms with E-state index in [2.05, 4.69) is 20.0 Å². The highest BCUT2D eigenvalue weighted by Gasteiger charge is 2.21. The van der Waals surface area contributed by atoms with E-state index in [1.807, 2.05) is 6.07 Å². The summed E-state index contributed by atoms with van der Waals surface area (Å²) in [4.78, 5) is 19.9. The normalized spacial score (nSPS) is 13.4. The molecular formula is C24H22FN5O4S. The Kier molecular flexibility index (Phi) is 5.97. The number of hydrogen-bond donors (Lipinski definition) is 4. The first kappa shape index (κ1) is 23.0. The van der Waals surface area contributed by atoms with Crippen LogP contribution in [-0.2, 0) is 29.5 Å². The standard InChI is InChI=1S/C24H22FN5O4S/c25-18-4-1-15(2-5-18)14-30(32)24(31)21-10-20-22(12-27-21)28-13-23(20)29-35(33,34)19-6-3-16-7-8-26-11-17(16)9-19/h1-6,9-10,12-13,26,28-29,32H,7-8,11,14H2. The Labute approximate surface area is 200 Å². The number of nitrogens with one attached hydrogen (secondary N) is 3. The zero-order valence-electron chi connectivity index (χ0n) is 18.5. The first-order valence-electron chi connectivity index (χ1n) is 10.9. The van der Waals surface area contributed by atoms with E-state index in [9.17, 15) is 22.8 Å². The maximum absolute atomic E-state index is 13.1. The van der Waals surface area contributed by atoms with Gasteiger partial charge in [-0.15, -0.1) is 0 Å². The van der Waals surface area contributed by atoms with E-state index in [1.165, 1.54) is 42.7 Å². The number of halogens is 1. The number of anilines is 1. The molecule has 0 aliphatic carbocycles. The highest BCUT2D eigenvalue weighted by atomic mass is 32.2. The second kappa shape index (κ2) is 9.10. The Morgan fingerprint density at radius 2 is 1.94 bits per heavy atom. The summed E-state index contributed by atoms with van der Waals surface area (Å²) >= 11 is 0. The molecule has 4 aromatic rings. The van der Waals surface area contributed by atoms with Crippen LogP contribution in [0.2, 0.25) is 0 Å². The van der Waals surface area contributed by atoms with Crippen molar-refractivity contribution in [3.63, 3.8) is 0 Å². The van der Waals surface area contributed by atoms with Gasteiger partial charge >= 0.3 is 0 Å². The number of fused-ring (bicyclic) bond motifs is 2. The molecule has 0 fully saturated rings. The minimum atomic E-state index is -3.90. The summed E-state index contributed by atoms with van der Waals surface area (Å²) in [5.74, 6) is -1.21. The van der Waals surface area contributed by atoms with Crippen LogP contribution in [0.5, 0.6) is 0 Å². The zero-order chi connectivity index (χ0) is 24.6. The molecule has 11 heteroatoms. The molecule has 1 aliphatic rings. The second-order valence-corrected chi connectivity index (χ2v) is 9.95. The molecule has 4 N–H and O–H groups in total. The number of carbonyl (C=O) groups excluding carboxylic acids is 1. The van der Waals surface area contributed by atoms with Crippen LogP contribution in [0.4, 0.5) is 10.1 Å². The number of benzene rings is 2. The van der Waals surface area contributed by atoms with Crippen molar-refractivity contribution in [3.8, 4) is 0 Å². The van der Waals surface area contributed by atoms with Gasteiger partial charge in [-0.3, -0.25) is 14.7 Å². The molecule has 0 radical (unpaired) electrons. The summed E-state index contributed by atoms with van der Waals surface area (Å²) in [6, 6.07) is 11.8. The molecule has 0 saturated heterocycles. The lowest BCUT2D eigenvalue weighted by Crippen LogP contribution is -2.27. The summed E-state index contributed by atoms with van der Waals surface area (Å²) in [5.41, 5.74) is 3.27. The third kappa shape index (κ3) is 4.74. The van der Waals surface area contributed by atoms with Gasteiger partial charge in [-0.25, -0.2) is 22.9 Å². The van der Waals surface area contributed by atoms with Crippen LogP contribution in [-0.4, -0.2) is 41.1 Å². The lowest BCUT2D eigenvalue weighted by molar-refractivity contribution is -0.0652. The highest BCUT2D eigenvalue weighted by molar-refractivity contribution is 7.92. The van der Waals surface area contributed by atoms with Crippen molar-refractivity contribution in [3.05, 3.63) is 89.1 Å². The van der Waals surface area contributed by atoms with Crippen molar-refractivity contribution in [2.45, 2.75) is 24.4 Å². The lowest BCUT2D eigenvalue weighted by Gasteiger charge is -2.18. The molecule has 0 saturated carbocycles. The zero-order valence-corrected chi connectivity index (χ0v) is 19.3. The van der Waals surface area contributed by atoms with Gasteiger partial charge in [0.2, 0.25) is 0 Å². The second-order valence-electron chi connectivity index (χ2n) is 8.27. The number of rotatable bonds is 6. The van der Waals surface area contributed by atoms with Crippen molar-refractivity contribution >= 4 is 32.5 Å². The van der Waals surface area contributed by atoms with Gasteiger partial charge in [-0.1, -0.05) is 18.2 Å². The molecule has 3 heterocycles. The van der Waals surface area contributed by atoms with Gasteiger partial charge < -0.3 is 10.3 Å². The van der Waals surface area contributed by atoms with Gasteiger partial charge in [-0.2, -0.15) is 0 Å². The van der Waals surface area contributed by atoms with E-state index >= 15 is 0 Å². The van der Waals surface area contributed by atoms with Crippen molar-refractivity contribution < 1.29 is 22.8 Å². The van der Waals surface area contributed by atoms with Gasteiger partial charge in [-0.05, 0) is 60.0 Å². The summed E-state index contributed by atoms with van der Waals surface area (Å²) in [6.07, 6.45) is 3.71. The van der Waals surface area contributed by atoms with Crippen molar-refractivity contribution in [2.75, 3.05) is 11.3 Å². The number of sulfonamides is 1. The maximum atomic E-state index is 13.1. The molecule has 1 amide bonds. The van der Waals surface area contributed by atoms with Gasteiger partial charge in [0.15, 0.2) is 0 Å². The molecule has 0 unspecified atom stereocenters. The molecule has 1 aliphatic heterocycles. The van der Waals surface area contributed by atoms with Crippen LogP contribution in [0.25, 0.3) is 10.9 Å². The van der Waals surface area contributed by atoms with E-state index in [-0.39, 0.29) is 22.8 Å². The number of carbonyl (C=O) groups is 1. The molecule has 5 rings (SSSR count). The van der Waals surface area contributed by atoms with Crippen LogP contribution in [0.15, 0.2) is 65.8 Å². The number of aromatic nitrogens is 2. The fourth-order valence-electron chi connectivity index (χ4n) is 4.02. The average Bonchev–Trinajstić information content (AvgIpc) is 3.25. The number of hydrogen-bond acceptors (Lipinski definition) is 6. The van der Waals surface area contributed by atoms with Crippen molar-refractivity contribution in [1.29, 1.82) is 0 Å². The average molecular weight is 496 g/mol. The van der Waals surface area contributed by atoms with Crippen LogP contribution in [0, 0.1) is 5.82 Å². The molecule has 35 heavy (non-hydrogen) atoms. The summed E-state index contributed by atoms with van der Waals surface area (Å²) in [5, 5.41) is 14.4. The summed E-state index contributed by atoms with van der Waals surface area (Å²) < 4.78 is 41.8. The minimum absolute atomic E-state index is 0.0815. The number of hydroxylamine groups is 2. The van der Waals surface area contributed by atoms with Gasteiger partial charge in [0.25, 0.3) is 15.9 Å². The van der Waals surface area contributed by atoms with E-state index < -0.39 is 21.7 Å². The number of H-pyrrole nitrogens is 1. The number of nitrogens with zero attached hydrogens (tertiary/aromatic N) is 2. The van der Waals surface area contributed by atoms with Crippen molar-refractivity contribution in [1.82, 2.24) is 20.3 Å². The maximum Gasteiger partial charge on any atom is 0.296 e. The number of pyridine rings is 1. The van der Waals surface area contributed by atoms with Crippen LogP contribution in [0.1, 0.15) is 27.2 Å². The fourth-order valence-corrected chi connectivity index (χ4v) is 5.14. The number of amides is 1. The Hall–Kier alpha value is -3.80. The monoisotopic (exact) mass is 495 g/mol. The van der Waals surface area contributed by atoms with Gasteiger partial charge in [0.1, 0.15) is 11.5 Å². The van der Waals surface area contributed by atoms with E-state index in [0.717, 1.165) is 24.1 Å². The smallest absolute Gasteiger partial charge is 0.296 e. The van der Waals surface area contributed by atoms with E-state index in [0.29, 0.717) is 28.1 Å². The van der Waals surface area contributed by atoms with Crippen LogP contribution >= 0.6 is 0 Å². The topological polar surface area (TPSA) is 127 Å². The predicted molar refractivity (Wildman–Crippen MR) is 127 cm³/mol. The molecular weight excluding hydrogens is 473 g/mol. The predicted octanol–water partition coefficient (Wildman–Crippen LogP) is 3.18. The fraction of sp³-hybridized carbons (Fsp3) is 0.167. The molecule has 2 aromatic heterocycles. The molecule has 9 nitrogen and oxygen atoms in total. The molecule has 2 aromatic carbocycles. The Morgan fingerprint density at radius 3 is 2.74 bits per heavy atom. The SMILES string of the molecule is O=C(c1cc2c(NS(=O)(=O)c3ccc4c(c3)CNCC4)c[nH]c2cn1)N(O)Cc1ccc(F)cc1. The van der Waals surface area contributed by atoms with Crippen LogP contribution in [0.3, 0.4) is 0 Å². The van der Waals surface area contributed by atoms with E-state index in [1.54, 1.807) is 12.1 Å². The van der Waals surface area contributed by atoms with Crippen molar-refractivity contribution in [2.24, 2.45) is 0 Å². The third-order valence-electron chi connectivity index (χ3n) is 5.88. The largest absolute Gasteiger partial charge is 0.358 e. The first-order chi connectivity index (χ1) is 16.8. The quantitative estimate of drug-likeness (QED) is 0.240. The van der Waals surface area contributed by atoms with E-state index in [4.69, 9.17) is 0 Å². The molecule has 0 atom stereocenters.